The Hall–Kier alpha value is -2.47. The first-order chi connectivity index (χ1) is 14.1. The van der Waals surface area contributed by atoms with Crippen LogP contribution in [0.2, 0.25) is 0 Å². The van der Waals surface area contributed by atoms with Gasteiger partial charge >= 0.3 is 5.97 Å². The topological polar surface area (TPSA) is 74.2 Å². The minimum Gasteiger partial charge on any atom is -0.493 e. The van der Waals surface area contributed by atoms with Gasteiger partial charge in [0, 0.05) is 36.4 Å². The number of benzene rings is 1. The van der Waals surface area contributed by atoms with E-state index in [1.807, 2.05) is 38.1 Å². The minimum absolute atomic E-state index is 0.125. The predicted octanol–water partition coefficient (Wildman–Crippen LogP) is 3.85. The highest BCUT2D eigenvalue weighted by Crippen LogP contribution is 2.45. The quantitative estimate of drug-likeness (QED) is 0.490. The van der Waals surface area contributed by atoms with E-state index in [1.165, 1.54) is 0 Å². The molecule has 0 radical (unpaired) electrons. The maximum atomic E-state index is 13.0. The molecule has 6 nitrogen and oxygen atoms in total. The largest absolute Gasteiger partial charge is 0.493 e. The van der Waals surface area contributed by atoms with Crippen LogP contribution >= 0.6 is 0 Å². The van der Waals surface area contributed by atoms with E-state index in [1.54, 1.807) is 7.11 Å². The van der Waals surface area contributed by atoms with E-state index in [9.17, 15) is 9.59 Å². The van der Waals surface area contributed by atoms with E-state index in [-0.39, 0.29) is 12.4 Å². The first kappa shape index (κ1) is 21.2. The first-order valence-electron chi connectivity index (χ1n) is 10.3. The fraction of sp³-hybridized carbons (Fsp3) is 0.522. The van der Waals surface area contributed by atoms with Gasteiger partial charge in [-0.2, -0.15) is 0 Å². The standard InChI is InChI=1S/C23H29NO5/c1-4-12-28-19-11-6-5-8-16(19)21-20(23(26)29-14-13-27-3)15(2)24-17-9-7-10-18(25)22(17)21/h5-6,8,11,21-22H,4,7,9-10,12-14H2,1-3H3/t21-,22?/m0/s1. The number of hydrogen-bond acceptors (Lipinski definition) is 6. The molecule has 1 unspecified atom stereocenters. The number of ketones is 1. The van der Waals surface area contributed by atoms with Crippen LogP contribution in [0.5, 0.6) is 5.75 Å². The fourth-order valence-corrected chi connectivity index (χ4v) is 4.10. The van der Waals surface area contributed by atoms with Gasteiger partial charge in [-0.05, 0) is 32.3 Å². The summed E-state index contributed by atoms with van der Waals surface area (Å²) < 4.78 is 16.4. The highest BCUT2D eigenvalue weighted by Gasteiger charge is 2.44. The summed E-state index contributed by atoms with van der Waals surface area (Å²) in [7, 11) is 1.56. The number of carbonyl (C=O) groups is 2. The molecule has 1 aromatic rings. The molecule has 1 aliphatic carbocycles. The molecule has 0 N–H and O–H groups in total. The van der Waals surface area contributed by atoms with Gasteiger partial charge in [-0.1, -0.05) is 25.1 Å². The smallest absolute Gasteiger partial charge is 0.336 e. The van der Waals surface area contributed by atoms with Gasteiger partial charge in [0.2, 0.25) is 0 Å². The van der Waals surface area contributed by atoms with Crippen LogP contribution in [0.1, 0.15) is 51.0 Å². The fourth-order valence-electron chi connectivity index (χ4n) is 4.10. The molecule has 0 amide bonds. The predicted molar refractivity (Wildman–Crippen MR) is 110 cm³/mol. The third kappa shape index (κ3) is 4.58. The zero-order valence-electron chi connectivity index (χ0n) is 17.4. The molecule has 0 spiro atoms. The molecule has 1 aromatic carbocycles. The number of Topliss-reactive ketones (excluding diaryl/α,β-unsaturated/α-hetero) is 1. The van der Waals surface area contributed by atoms with Gasteiger partial charge in [-0.25, -0.2) is 4.79 Å². The summed E-state index contributed by atoms with van der Waals surface area (Å²) in [6.45, 7) is 4.90. The second kappa shape index (κ2) is 9.83. The number of carbonyl (C=O) groups excluding carboxylic acids is 2. The molecule has 156 valence electrons. The Morgan fingerprint density at radius 3 is 2.69 bits per heavy atom. The van der Waals surface area contributed by atoms with Crippen molar-refractivity contribution in [2.24, 2.45) is 10.9 Å². The lowest BCUT2D eigenvalue weighted by Crippen LogP contribution is -2.39. The van der Waals surface area contributed by atoms with Crippen molar-refractivity contribution in [1.29, 1.82) is 0 Å². The van der Waals surface area contributed by atoms with Gasteiger partial charge in [-0.15, -0.1) is 0 Å². The number of methoxy groups -OCH3 is 1. The molecule has 3 rings (SSSR count). The molecule has 0 bridgehead atoms. The molecule has 1 aliphatic heterocycles. The van der Waals surface area contributed by atoms with Crippen molar-refractivity contribution >= 4 is 17.5 Å². The maximum absolute atomic E-state index is 13.0. The lowest BCUT2D eigenvalue weighted by Gasteiger charge is -2.36. The van der Waals surface area contributed by atoms with Gasteiger partial charge < -0.3 is 14.2 Å². The van der Waals surface area contributed by atoms with E-state index in [2.05, 4.69) is 4.99 Å². The van der Waals surface area contributed by atoms with Crippen molar-refractivity contribution < 1.29 is 23.8 Å². The number of allylic oxidation sites excluding steroid dienone is 1. The number of rotatable bonds is 8. The number of nitrogens with zero attached hydrogens (tertiary/aromatic N) is 1. The zero-order chi connectivity index (χ0) is 20.8. The Morgan fingerprint density at radius 2 is 1.93 bits per heavy atom. The lowest BCUT2D eigenvalue weighted by atomic mass is 9.69. The van der Waals surface area contributed by atoms with Gasteiger partial charge in [0.15, 0.2) is 0 Å². The van der Waals surface area contributed by atoms with E-state index < -0.39 is 17.8 Å². The SMILES string of the molecule is CCCOc1ccccc1[C@H]1C(C(=O)OCCOC)=C(C)N=C2CCCC(=O)C21. The second-order valence-corrected chi connectivity index (χ2v) is 7.39. The highest BCUT2D eigenvalue weighted by atomic mass is 16.6. The lowest BCUT2D eigenvalue weighted by molar-refractivity contribution is -0.140. The van der Waals surface area contributed by atoms with Crippen LogP contribution in [-0.2, 0) is 19.1 Å². The molecule has 2 aliphatic rings. The molecule has 1 heterocycles. The molecule has 6 heteroatoms. The molecule has 1 fully saturated rings. The summed E-state index contributed by atoms with van der Waals surface area (Å²) >= 11 is 0. The monoisotopic (exact) mass is 399 g/mol. The summed E-state index contributed by atoms with van der Waals surface area (Å²) in [5.74, 6) is -0.507. The Kier molecular flexibility index (Phi) is 7.20. The minimum atomic E-state index is -0.448. The van der Waals surface area contributed by atoms with Crippen LogP contribution in [-0.4, -0.2) is 44.4 Å². The summed E-state index contributed by atoms with van der Waals surface area (Å²) in [4.78, 5) is 30.6. The summed E-state index contributed by atoms with van der Waals surface area (Å²) in [6.07, 6.45) is 2.95. The first-order valence-corrected chi connectivity index (χ1v) is 10.3. The van der Waals surface area contributed by atoms with Crippen molar-refractivity contribution in [3.63, 3.8) is 0 Å². The Bertz CT molecular complexity index is 826. The molecule has 29 heavy (non-hydrogen) atoms. The molecule has 0 aromatic heterocycles. The number of hydrogen-bond donors (Lipinski definition) is 0. The summed E-state index contributed by atoms with van der Waals surface area (Å²) in [6, 6.07) is 7.65. The third-order valence-electron chi connectivity index (χ3n) is 5.36. The van der Waals surface area contributed by atoms with Crippen LogP contribution in [0.4, 0.5) is 0 Å². The van der Waals surface area contributed by atoms with Crippen molar-refractivity contribution in [2.75, 3.05) is 26.9 Å². The number of fused-ring (bicyclic) bond motifs is 1. The molecular formula is C23H29NO5. The van der Waals surface area contributed by atoms with Crippen LogP contribution in [0.3, 0.4) is 0 Å². The van der Waals surface area contributed by atoms with Crippen LogP contribution in [0.25, 0.3) is 0 Å². The normalized spacial score (nSPS) is 21.5. The molecule has 2 atom stereocenters. The summed E-state index contributed by atoms with van der Waals surface area (Å²) in [5, 5.41) is 0. The van der Waals surface area contributed by atoms with E-state index in [4.69, 9.17) is 14.2 Å². The van der Waals surface area contributed by atoms with Crippen LogP contribution in [0.15, 0.2) is 40.5 Å². The average Bonchev–Trinajstić information content (AvgIpc) is 2.71. The van der Waals surface area contributed by atoms with Crippen LogP contribution in [0, 0.1) is 5.92 Å². The summed E-state index contributed by atoms with van der Waals surface area (Å²) in [5.41, 5.74) is 2.76. The molecular weight excluding hydrogens is 370 g/mol. The number of ether oxygens (including phenoxy) is 3. The van der Waals surface area contributed by atoms with E-state index in [0.29, 0.717) is 36.7 Å². The number of para-hydroxylation sites is 1. The second-order valence-electron chi connectivity index (χ2n) is 7.39. The number of esters is 1. The third-order valence-corrected chi connectivity index (χ3v) is 5.36. The van der Waals surface area contributed by atoms with E-state index >= 15 is 0 Å². The Balaban J connectivity index is 2.07. The van der Waals surface area contributed by atoms with E-state index in [0.717, 1.165) is 30.5 Å². The van der Waals surface area contributed by atoms with Crippen molar-refractivity contribution in [1.82, 2.24) is 0 Å². The van der Waals surface area contributed by atoms with Crippen molar-refractivity contribution in [3.05, 3.63) is 41.1 Å². The van der Waals surface area contributed by atoms with Gasteiger partial charge in [0.1, 0.15) is 18.1 Å². The maximum Gasteiger partial charge on any atom is 0.336 e. The zero-order valence-corrected chi connectivity index (χ0v) is 17.4. The van der Waals surface area contributed by atoms with Crippen molar-refractivity contribution in [2.45, 2.75) is 45.4 Å². The Morgan fingerprint density at radius 1 is 1.14 bits per heavy atom. The Labute approximate surface area is 171 Å². The number of aliphatic imine (C=N–C) groups is 1. The van der Waals surface area contributed by atoms with Gasteiger partial charge in [-0.3, -0.25) is 9.79 Å². The highest BCUT2D eigenvalue weighted by molar-refractivity contribution is 6.11. The average molecular weight is 399 g/mol. The molecule has 0 saturated heterocycles. The van der Waals surface area contributed by atoms with Crippen molar-refractivity contribution in [3.8, 4) is 5.75 Å². The van der Waals surface area contributed by atoms with Gasteiger partial charge in [0.05, 0.1) is 24.7 Å². The van der Waals surface area contributed by atoms with Crippen LogP contribution < -0.4 is 4.74 Å². The van der Waals surface area contributed by atoms with Gasteiger partial charge in [0.25, 0.3) is 0 Å². The molecule has 1 saturated carbocycles.